The Balaban J connectivity index is 1.61. The van der Waals surface area contributed by atoms with Gasteiger partial charge >= 0.3 is 0 Å². The average molecular weight is 386 g/mol. The van der Waals surface area contributed by atoms with Crippen molar-refractivity contribution in [2.24, 2.45) is 0 Å². The lowest BCUT2D eigenvalue weighted by atomic mass is 10.2. The Morgan fingerprint density at radius 3 is 2.65 bits per heavy atom. The highest BCUT2D eigenvalue weighted by molar-refractivity contribution is 6.42. The van der Waals surface area contributed by atoms with Gasteiger partial charge in [0.25, 0.3) is 0 Å². The number of benzene rings is 2. The Labute approximate surface area is 162 Å². The lowest BCUT2D eigenvalue weighted by Gasteiger charge is -2.07. The summed E-state index contributed by atoms with van der Waals surface area (Å²) in [4.78, 5) is 16.3. The van der Waals surface area contributed by atoms with Crippen LogP contribution >= 0.6 is 23.2 Å². The normalized spacial score (nSPS) is 11.0. The molecule has 1 heterocycles. The second-order valence-corrected chi connectivity index (χ2v) is 6.55. The molecule has 0 aliphatic heterocycles. The second-order valence-electron chi connectivity index (χ2n) is 5.76. The Bertz CT molecular complexity index is 946. The molecule has 3 aromatic rings. The lowest BCUT2D eigenvalue weighted by Crippen LogP contribution is -2.08. The molecule has 0 fully saturated rings. The van der Waals surface area contributed by atoms with Gasteiger partial charge in [0, 0.05) is 30.7 Å². The van der Waals surface area contributed by atoms with Gasteiger partial charge in [0.2, 0.25) is 5.91 Å². The summed E-state index contributed by atoms with van der Waals surface area (Å²) in [5, 5.41) is 3.71. The summed E-state index contributed by atoms with van der Waals surface area (Å²) in [6, 6.07) is 13.0. The molecular formula is C20H17Cl2N3O. The van der Waals surface area contributed by atoms with Crippen LogP contribution in [0.5, 0.6) is 0 Å². The smallest absolute Gasteiger partial charge is 0.248 e. The molecule has 26 heavy (non-hydrogen) atoms. The van der Waals surface area contributed by atoms with Gasteiger partial charge in [-0.2, -0.15) is 0 Å². The number of imidazole rings is 1. The van der Waals surface area contributed by atoms with E-state index in [0.29, 0.717) is 15.6 Å². The molecule has 132 valence electrons. The minimum Gasteiger partial charge on any atom is -0.331 e. The SMILES string of the molecule is Cc1nccn1Cc1ccc(NC(=O)/C=C/c2cccc(Cl)c2Cl)cc1. The van der Waals surface area contributed by atoms with Crippen LogP contribution in [-0.2, 0) is 11.3 Å². The number of anilines is 1. The molecule has 3 rings (SSSR count). The molecule has 0 aliphatic carbocycles. The first-order valence-electron chi connectivity index (χ1n) is 8.02. The fourth-order valence-corrected chi connectivity index (χ4v) is 2.83. The molecule has 0 saturated heterocycles. The van der Waals surface area contributed by atoms with Gasteiger partial charge in [0.1, 0.15) is 5.82 Å². The number of halogens is 2. The lowest BCUT2D eigenvalue weighted by molar-refractivity contribution is -0.111. The van der Waals surface area contributed by atoms with Crippen molar-refractivity contribution in [3.8, 4) is 0 Å². The molecule has 6 heteroatoms. The number of aryl methyl sites for hydroxylation is 1. The van der Waals surface area contributed by atoms with E-state index in [1.807, 2.05) is 37.4 Å². The zero-order chi connectivity index (χ0) is 18.5. The van der Waals surface area contributed by atoms with Gasteiger partial charge in [-0.25, -0.2) is 4.98 Å². The fraction of sp³-hybridized carbons (Fsp3) is 0.100. The third-order valence-corrected chi connectivity index (χ3v) is 4.73. The molecule has 0 radical (unpaired) electrons. The summed E-state index contributed by atoms with van der Waals surface area (Å²) < 4.78 is 2.06. The first-order chi connectivity index (χ1) is 12.5. The van der Waals surface area contributed by atoms with E-state index in [2.05, 4.69) is 14.9 Å². The Kier molecular flexibility index (Phi) is 5.76. The van der Waals surface area contributed by atoms with Crippen molar-refractivity contribution in [3.63, 3.8) is 0 Å². The zero-order valence-corrected chi connectivity index (χ0v) is 15.6. The number of nitrogens with one attached hydrogen (secondary N) is 1. The Hall–Kier alpha value is -2.56. The summed E-state index contributed by atoms with van der Waals surface area (Å²) in [5.74, 6) is 0.728. The van der Waals surface area contributed by atoms with Crippen LogP contribution in [0.25, 0.3) is 6.08 Å². The van der Waals surface area contributed by atoms with E-state index in [9.17, 15) is 4.79 Å². The molecule has 0 atom stereocenters. The van der Waals surface area contributed by atoms with Crippen LogP contribution < -0.4 is 5.32 Å². The minimum atomic E-state index is -0.237. The molecule has 0 bridgehead atoms. The van der Waals surface area contributed by atoms with Crippen LogP contribution in [0.15, 0.2) is 60.9 Å². The van der Waals surface area contributed by atoms with Gasteiger partial charge in [-0.05, 0) is 42.3 Å². The summed E-state index contributed by atoms with van der Waals surface area (Å²) in [6.07, 6.45) is 6.79. The summed E-state index contributed by atoms with van der Waals surface area (Å²) in [5.41, 5.74) is 2.55. The highest BCUT2D eigenvalue weighted by Gasteiger charge is 2.03. The molecule has 0 saturated carbocycles. The molecular weight excluding hydrogens is 369 g/mol. The van der Waals surface area contributed by atoms with Crippen LogP contribution in [0.1, 0.15) is 17.0 Å². The van der Waals surface area contributed by atoms with Gasteiger partial charge in [-0.15, -0.1) is 0 Å². The Morgan fingerprint density at radius 1 is 1.19 bits per heavy atom. The summed E-state index contributed by atoms with van der Waals surface area (Å²) in [7, 11) is 0. The first kappa shape index (κ1) is 18.2. The molecule has 0 unspecified atom stereocenters. The van der Waals surface area contributed by atoms with E-state index < -0.39 is 0 Å². The van der Waals surface area contributed by atoms with E-state index in [4.69, 9.17) is 23.2 Å². The maximum Gasteiger partial charge on any atom is 0.248 e. The van der Waals surface area contributed by atoms with Crippen LogP contribution in [0.3, 0.4) is 0 Å². The van der Waals surface area contributed by atoms with Crippen molar-refractivity contribution in [1.82, 2.24) is 9.55 Å². The van der Waals surface area contributed by atoms with Gasteiger partial charge in [0.05, 0.1) is 10.0 Å². The van der Waals surface area contributed by atoms with Crippen molar-refractivity contribution in [2.45, 2.75) is 13.5 Å². The van der Waals surface area contributed by atoms with Crippen LogP contribution in [0, 0.1) is 6.92 Å². The van der Waals surface area contributed by atoms with E-state index >= 15 is 0 Å². The van der Waals surface area contributed by atoms with Crippen molar-refractivity contribution in [2.75, 3.05) is 5.32 Å². The number of carbonyl (C=O) groups is 1. The summed E-state index contributed by atoms with van der Waals surface area (Å²) >= 11 is 12.1. The molecule has 1 amide bonds. The Morgan fingerprint density at radius 2 is 1.96 bits per heavy atom. The molecule has 2 aromatic carbocycles. The topological polar surface area (TPSA) is 46.9 Å². The third kappa shape index (κ3) is 4.54. The number of nitrogens with zero attached hydrogens (tertiary/aromatic N) is 2. The number of carbonyl (C=O) groups excluding carboxylic acids is 1. The van der Waals surface area contributed by atoms with E-state index in [1.54, 1.807) is 30.5 Å². The number of rotatable bonds is 5. The van der Waals surface area contributed by atoms with Crippen molar-refractivity contribution >= 4 is 40.9 Å². The highest BCUT2D eigenvalue weighted by Crippen LogP contribution is 2.26. The van der Waals surface area contributed by atoms with E-state index in [1.165, 1.54) is 6.08 Å². The van der Waals surface area contributed by atoms with Crippen LogP contribution in [0.4, 0.5) is 5.69 Å². The zero-order valence-electron chi connectivity index (χ0n) is 14.1. The predicted molar refractivity (Wildman–Crippen MR) is 107 cm³/mol. The standard InChI is InChI=1S/C20H17Cl2N3O/c1-14-23-11-12-25(14)13-15-5-8-17(9-6-15)24-19(26)10-7-16-3-2-4-18(21)20(16)22/h2-12H,13H2,1H3,(H,24,26)/b10-7+. The average Bonchev–Trinajstić information content (AvgIpc) is 3.03. The van der Waals surface area contributed by atoms with Crippen LogP contribution in [0.2, 0.25) is 10.0 Å². The van der Waals surface area contributed by atoms with Crippen molar-refractivity contribution in [3.05, 3.63) is 87.9 Å². The molecule has 1 aromatic heterocycles. The van der Waals surface area contributed by atoms with E-state index in [-0.39, 0.29) is 5.91 Å². The van der Waals surface area contributed by atoms with Crippen molar-refractivity contribution < 1.29 is 4.79 Å². The van der Waals surface area contributed by atoms with Gasteiger partial charge in [0.15, 0.2) is 0 Å². The highest BCUT2D eigenvalue weighted by atomic mass is 35.5. The molecule has 4 nitrogen and oxygen atoms in total. The predicted octanol–water partition coefficient (Wildman–Crippen LogP) is 5.20. The molecule has 1 N–H and O–H groups in total. The third-order valence-electron chi connectivity index (χ3n) is 3.89. The largest absolute Gasteiger partial charge is 0.331 e. The number of hydrogen-bond donors (Lipinski definition) is 1. The maximum absolute atomic E-state index is 12.1. The summed E-state index contributed by atoms with van der Waals surface area (Å²) in [6.45, 7) is 2.71. The van der Waals surface area contributed by atoms with Crippen molar-refractivity contribution in [1.29, 1.82) is 0 Å². The molecule has 0 aliphatic rings. The van der Waals surface area contributed by atoms with Gasteiger partial charge in [-0.3, -0.25) is 4.79 Å². The monoisotopic (exact) mass is 385 g/mol. The quantitative estimate of drug-likeness (QED) is 0.613. The minimum absolute atomic E-state index is 0.237. The van der Waals surface area contributed by atoms with Gasteiger partial charge < -0.3 is 9.88 Å². The fourth-order valence-electron chi connectivity index (χ4n) is 2.46. The second kappa shape index (κ2) is 8.21. The number of aromatic nitrogens is 2. The van der Waals surface area contributed by atoms with Crippen LogP contribution in [-0.4, -0.2) is 15.5 Å². The van der Waals surface area contributed by atoms with Gasteiger partial charge in [-0.1, -0.05) is 47.5 Å². The number of amides is 1. The first-order valence-corrected chi connectivity index (χ1v) is 8.78. The maximum atomic E-state index is 12.1. The number of hydrogen-bond acceptors (Lipinski definition) is 2. The molecule has 0 spiro atoms. The van der Waals surface area contributed by atoms with E-state index in [0.717, 1.165) is 23.6 Å².